The molecule has 96 valence electrons. The van der Waals surface area contributed by atoms with Crippen LogP contribution in [0.2, 0.25) is 0 Å². The summed E-state index contributed by atoms with van der Waals surface area (Å²) in [5.41, 5.74) is 6.07. The third-order valence-electron chi connectivity index (χ3n) is 4.14. The van der Waals surface area contributed by atoms with Crippen LogP contribution in [-0.4, -0.2) is 40.1 Å². The van der Waals surface area contributed by atoms with E-state index in [1.165, 1.54) is 6.20 Å². The summed E-state index contributed by atoms with van der Waals surface area (Å²) in [5.74, 6) is 1.13. The van der Waals surface area contributed by atoms with Crippen molar-refractivity contribution in [1.29, 1.82) is 0 Å². The zero-order chi connectivity index (χ0) is 12.7. The Hall–Kier alpha value is -1.62. The third-order valence-corrected chi connectivity index (χ3v) is 4.14. The molecule has 0 radical (unpaired) electrons. The van der Waals surface area contributed by atoms with E-state index in [9.17, 15) is 9.90 Å². The van der Waals surface area contributed by atoms with Crippen molar-refractivity contribution in [2.45, 2.75) is 18.9 Å². The molecule has 5 nitrogen and oxygen atoms in total. The fraction of sp³-hybridized carbons (Fsp3) is 0.538. The number of carbonyl (C=O) groups excluding carboxylic acids is 1. The van der Waals surface area contributed by atoms with Crippen LogP contribution in [-0.2, 0) is 0 Å². The Bertz CT molecular complexity index is 460. The van der Waals surface area contributed by atoms with Crippen LogP contribution in [0.3, 0.4) is 0 Å². The van der Waals surface area contributed by atoms with Crippen LogP contribution in [0.4, 0.5) is 5.82 Å². The second-order valence-electron chi connectivity index (χ2n) is 5.25. The topological polar surface area (TPSA) is 79.5 Å². The molecule has 1 aliphatic carbocycles. The molecular weight excluding hydrogens is 230 g/mol. The average Bonchev–Trinajstić information content (AvgIpc) is 2.92. The van der Waals surface area contributed by atoms with Gasteiger partial charge in [-0.05, 0) is 30.9 Å². The van der Waals surface area contributed by atoms with E-state index in [1.54, 1.807) is 12.1 Å². The number of aromatic nitrogens is 1. The zero-order valence-electron chi connectivity index (χ0n) is 10.1. The molecule has 2 heterocycles. The number of pyridine rings is 1. The quantitative estimate of drug-likeness (QED) is 0.757. The SMILES string of the molecule is Nc1ccc(C(=O)N2CC3CCC(O)C3C2)cn1. The number of fused-ring (bicyclic) bond motifs is 1. The van der Waals surface area contributed by atoms with Crippen molar-refractivity contribution in [2.75, 3.05) is 18.8 Å². The molecule has 3 N–H and O–H groups in total. The van der Waals surface area contributed by atoms with Gasteiger partial charge in [-0.25, -0.2) is 4.98 Å². The minimum atomic E-state index is -0.239. The minimum absolute atomic E-state index is 0.0101. The molecule has 0 bridgehead atoms. The van der Waals surface area contributed by atoms with E-state index in [4.69, 9.17) is 5.73 Å². The number of amides is 1. The molecule has 1 amide bonds. The molecule has 1 aromatic rings. The van der Waals surface area contributed by atoms with Gasteiger partial charge in [-0.2, -0.15) is 0 Å². The molecule has 1 saturated heterocycles. The van der Waals surface area contributed by atoms with Gasteiger partial charge in [0, 0.05) is 25.2 Å². The van der Waals surface area contributed by atoms with E-state index < -0.39 is 0 Å². The third kappa shape index (κ3) is 1.84. The van der Waals surface area contributed by atoms with Crippen molar-refractivity contribution in [3.63, 3.8) is 0 Å². The highest BCUT2D eigenvalue weighted by molar-refractivity contribution is 5.94. The van der Waals surface area contributed by atoms with Crippen molar-refractivity contribution in [3.8, 4) is 0 Å². The lowest BCUT2D eigenvalue weighted by Crippen LogP contribution is -2.31. The first-order valence-electron chi connectivity index (χ1n) is 6.34. The van der Waals surface area contributed by atoms with Gasteiger partial charge in [0.15, 0.2) is 0 Å². The second kappa shape index (κ2) is 4.24. The van der Waals surface area contributed by atoms with Crippen LogP contribution < -0.4 is 5.73 Å². The van der Waals surface area contributed by atoms with Gasteiger partial charge in [0.25, 0.3) is 5.91 Å². The van der Waals surface area contributed by atoms with Crippen LogP contribution in [0, 0.1) is 11.8 Å². The molecule has 5 heteroatoms. The number of anilines is 1. The van der Waals surface area contributed by atoms with Crippen molar-refractivity contribution in [3.05, 3.63) is 23.9 Å². The van der Waals surface area contributed by atoms with Gasteiger partial charge in [-0.1, -0.05) is 0 Å². The van der Waals surface area contributed by atoms with Gasteiger partial charge in [0.2, 0.25) is 0 Å². The number of nitrogens with zero attached hydrogens (tertiary/aromatic N) is 2. The molecule has 1 saturated carbocycles. The van der Waals surface area contributed by atoms with E-state index in [0.29, 0.717) is 23.8 Å². The maximum atomic E-state index is 12.3. The molecule has 1 aromatic heterocycles. The van der Waals surface area contributed by atoms with E-state index >= 15 is 0 Å². The highest BCUT2D eigenvalue weighted by Gasteiger charge is 2.43. The van der Waals surface area contributed by atoms with E-state index in [2.05, 4.69) is 4.98 Å². The predicted octanol–water partition coefficient (Wildman–Crippen LogP) is 0.507. The monoisotopic (exact) mass is 247 g/mol. The van der Waals surface area contributed by atoms with Crippen molar-refractivity contribution in [2.24, 2.45) is 11.8 Å². The summed E-state index contributed by atoms with van der Waals surface area (Å²) in [6, 6.07) is 3.34. The molecule has 2 fully saturated rings. The normalized spacial score (nSPS) is 30.5. The van der Waals surface area contributed by atoms with Crippen molar-refractivity contribution in [1.82, 2.24) is 9.88 Å². The van der Waals surface area contributed by atoms with Crippen LogP contribution in [0.5, 0.6) is 0 Å². The number of carbonyl (C=O) groups is 1. The molecule has 0 aromatic carbocycles. The van der Waals surface area contributed by atoms with E-state index in [0.717, 1.165) is 19.4 Å². The smallest absolute Gasteiger partial charge is 0.255 e. The van der Waals surface area contributed by atoms with E-state index in [-0.39, 0.29) is 17.9 Å². The highest BCUT2D eigenvalue weighted by Crippen LogP contribution is 2.38. The van der Waals surface area contributed by atoms with Gasteiger partial charge < -0.3 is 15.7 Å². The largest absolute Gasteiger partial charge is 0.393 e. The lowest BCUT2D eigenvalue weighted by Gasteiger charge is -2.18. The summed E-state index contributed by atoms with van der Waals surface area (Å²) in [6.07, 6.45) is 3.18. The number of nitrogens with two attached hydrogens (primary N) is 1. The Morgan fingerprint density at radius 1 is 1.39 bits per heavy atom. The second-order valence-corrected chi connectivity index (χ2v) is 5.25. The van der Waals surface area contributed by atoms with Crippen LogP contribution in [0.1, 0.15) is 23.2 Å². The van der Waals surface area contributed by atoms with Gasteiger partial charge in [-0.3, -0.25) is 4.79 Å². The Labute approximate surface area is 106 Å². The lowest BCUT2D eigenvalue weighted by atomic mass is 10.00. The minimum Gasteiger partial charge on any atom is -0.393 e. The molecule has 2 aliphatic rings. The highest BCUT2D eigenvalue weighted by atomic mass is 16.3. The molecular formula is C13H17N3O2. The molecule has 18 heavy (non-hydrogen) atoms. The first-order chi connectivity index (χ1) is 8.65. The van der Waals surface area contributed by atoms with Gasteiger partial charge >= 0.3 is 0 Å². The lowest BCUT2D eigenvalue weighted by molar-refractivity contribution is 0.0752. The van der Waals surface area contributed by atoms with Crippen LogP contribution in [0.25, 0.3) is 0 Å². The Morgan fingerprint density at radius 3 is 2.89 bits per heavy atom. The summed E-state index contributed by atoms with van der Waals surface area (Å²) >= 11 is 0. The first-order valence-corrected chi connectivity index (χ1v) is 6.34. The first kappa shape index (κ1) is 11.5. The van der Waals surface area contributed by atoms with Crippen LogP contribution in [0.15, 0.2) is 18.3 Å². The fourth-order valence-corrected chi connectivity index (χ4v) is 3.12. The zero-order valence-corrected chi connectivity index (χ0v) is 10.1. The van der Waals surface area contributed by atoms with Crippen molar-refractivity contribution < 1.29 is 9.90 Å². The number of aliphatic hydroxyl groups excluding tert-OH is 1. The van der Waals surface area contributed by atoms with Crippen molar-refractivity contribution >= 4 is 11.7 Å². The van der Waals surface area contributed by atoms with Crippen LogP contribution >= 0.6 is 0 Å². The molecule has 3 rings (SSSR count). The van der Waals surface area contributed by atoms with Gasteiger partial charge in [0.05, 0.1) is 11.7 Å². The Balaban J connectivity index is 1.73. The summed E-state index contributed by atoms with van der Waals surface area (Å²) in [7, 11) is 0. The average molecular weight is 247 g/mol. The Kier molecular flexibility index (Phi) is 2.70. The standard InChI is InChI=1S/C13H17N3O2/c14-12-4-2-8(5-15-12)13(18)16-6-9-1-3-11(17)10(9)7-16/h2,4-5,9-11,17H,1,3,6-7H2,(H2,14,15). The molecule has 0 spiro atoms. The predicted molar refractivity (Wildman–Crippen MR) is 66.8 cm³/mol. The summed E-state index contributed by atoms with van der Waals surface area (Å²) in [6.45, 7) is 1.42. The molecule has 3 atom stereocenters. The summed E-state index contributed by atoms with van der Waals surface area (Å²) in [5, 5.41) is 9.84. The number of hydrogen-bond acceptors (Lipinski definition) is 4. The Morgan fingerprint density at radius 2 is 2.22 bits per heavy atom. The molecule has 3 unspecified atom stereocenters. The van der Waals surface area contributed by atoms with E-state index in [1.807, 2.05) is 4.90 Å². The van der Waals surface area contributed by atoms with Gasteiger partial charge in [-0.15, -0.1) is 0 Å². The number of likely N-dealkylation sites (tertiary alicyclic amines) is 1. The number of rotatable bonds is 1. The summed E-state index contributed by atoms with van der Waals surface area (Å²) in [4.78, 5) is 18.0. The fourth-order valence-electron chi connectivity index (χ4n) is 3.12. The number of aliphatic hydroxyl groups is 1. The van der Waals surface area contributed by atoms with Gasteiger partial charge in [0.1, 0.15) is 5.82 Å². The number of hydrogen-bond donors (Lipinski definition) is 2. The number of nitrogen functional groups attached to an aromatic ring is 1. The summed E-state index contributed by atoms with van der Waals surface area (Å²) < 4.78 is 0. The maximum absolute atomic E-state index is 12.3. The molecule has 1 aliphatic heterocycles. The maximum Gasteiger partial charge on any atom is 0.255 e.